The maximum Gasteiger partial charge on any atom is 0.161 e. The first-order chi connectivity index (χ1) is 6.75. The molecule has 0 bridgehead atoms. The molecule has 1 heterocycles. The van der Waals surface area contributed by atoms with E-state index < -0.39 is 0 Å². The van der Waals surface area contributed by atoms with Gasteiger partial charge in [-0.05, 0) is 18.8 Å². The van der Waals surface area contributed by atoms with Crippen LogP contribution in [-0.2, 0) is 9.53 Å². The molecule has 1 rings (SSSR count). The van der Waals surface area contributed by atoms with E-state index in [1.54, 1.807) is 0 Å². The van der Waals surface area contributed by atoms with Crippen molar-refractivity contribution in [2.45, 2.75) is 58.5 Å². The molecular formula is C12H22O2. The zero-order chi connectivity index (χ0) is 10.4. The SMILES string of the molecule is CCCCCCC(=O)C1OCCC1C. The fourth-order valence-electron chi connectivity index (χ4n) is 1.98. The van der Waals surface area contributed by atoms with Gasteiger partial charge in [-0.1, -0.05) is 33.1 Å². The van der Waals surface area contributed by atoms with Gasteiger partial charge in [0.05, 0.1) is 0 Å². The van der Waals surface area contributed by atoms with Crippen LogP contribution in [0.1, 0.15) is 52.4 Å². The number of Topliss-reactive ketones (excluding diaryl/α,β-unsaturated/α-hetero) is 1. The first-order valence-electron chi connectivity index (χ1n) is 5.90. The molecule has 2 heteroatoms. The van der Waals surface area contributed by atoms with Crippen molar-refractivity contribution in [3.63, 3.8) is 0 Å². The van der Waals surface area contributed by atoms with Crippen molar-refractivity contribution in [3.8, 4) is 0 Å². The molecule has 2 atom stereocenters. The third kappa shape index (κ3) is 3.41. The van der Waals surface area contributed by atoms with Crippen molar-refractivity contribution >= 4 is 5.78 Å². The van der Waals surface area contributed by atoms with Gasteiger partial charge in [0.1, 0.15) is 6.10 Å². The lowest BCUT2D eigenvalue weighted by atomic mass is 9.97. The first kappa shape index (κ1) is 11.7. The number of ketones is 1. The van der Waals surface area contributed by atoms with Gasteiger partial charge in [0, 0.05) is 13.0 Å². The van der Waals surface area contributed by atoms with Crippen LogP contribution in [0.4, 0.5) is 0 Å². The van der Waals surface area contributed by atoms with E-state index in [-0.39, 0.29) is 6.10 Å². The zero-order valence-electron chi connectivity index (χ0n) is 9.42. The van der Waals surface area contributed by atoms with Crippen molar-refractivity contribution in [1.29, 1.82) is 0 Å². The van der Waals surface area contributed by atoms with Crippen LogP contribution in [0, 0.1) is 5.92 Å². The van der Waals surface area contributed by atoms with Gasteiger partial charge in [-0.15, -0.1) is 0 Å². The molecule has 0 N–H and O–H groups in total. The number of unbranched alkanes of at least 4 members (excludes halogenated alkanes) is 3. The van der Waals surface area contributed by atoms with Crippen molar-refractivity contribution in [3.05, 3.63) is 0 Å². The highest BCUT2D eigenvalue weighted by Gasteiger charge is 2.29. The van der Waals surface area contributed by atoms with Gasteiger partial charge in [0.25, 0.3) is 0 Å². The summed E-state index contributed by atoms with van der Waals surface area (Å²) in [6.45, 7) is 5.07. The van der Waals surface area contributed by atoms with E-state index in [4.69, 9.17) is 4.74 Å². The van der Waals surface area contributed by atoms with Gasteiger partial charge in [0.15, 0.2) is 5.78 Å². The molecule has 1 fully saturated rings. The maximum atomic E-state index is 11.7. The van der Waals surface area contributed by atoms with Crippen LogP contribution >= 0.6 is 0 Å². The van der Waals surface area contributed by atoms with E-state index in [0.29, 0.717) is 11.7 Å². The predicted molar refractivity (Wildman–Crippen MR) is 57.3 cm³/mol. The Morgan fingerprint density at radius 2 is 2.14 bits per heavy atom. The molecule has 0 radical (unpaired) electrons. The Morgan fingerprint density at radius 1 is 1.36 bits per heavy atom. The summed E-state index contributed by atoms with van der Waals surface area (Å²) < 4.78 is 5.43. The van der Waals surface area contributed by atoms with Crippen molar-refractivity contribution in [2.75, 3.05) is 6.61 Å². The minimum atomic E-state index is -0.0865. The molecule has 0 saturated carbocycles. The Labute approximate surface area is 87.0 Å². The molecule has 1 saturated heterocycles. The fraction of sp³-hybridized carbons (Fsp3) is 0.917. The quantitative estimate of drug-likeness (QED) is 0.613. The lowest BCUT2D eigenvalue weighted by Crippen LogP contribution is -2.24. The normalized spacial score (nSPS) is 26.7. The highest BCUT2D eigenvalue weighted by atomic mass is 16.5. The minimum Gasteiger partial charge on any atom is -0.370 e. The fourth-order valence-corrected chi connectivity index (χ4v) is 1.98. The number of ether oxygens (including phenoxy) is 1. The number of rotatable bonds is 6. The molecule has 1 aliphatic heterocycles. The molecule has 0 aromatic carbocycles. The van der Waals surface area contributed by atoms with Crippen LogP contribution in [0.2, 0.25) is 0 Å². The topological polar surface area (TPSA) is 26.3 Å². The van der Waals surface area contributed by atoms with Gasteiger partial charge >= 0.3 is 0 Å². The predicted octanol–water partition coefficient (Wildman–Crippen LogP) is 2.95. The largest absolute Gasteiger partial charge is 0.370 e. The average molecular weight is 198 g/mol. The van der Waals surface area contributed by atoms with Gasteiger partial charge in [-0.3, -0.25) is 4.79 Å². The van der Waals surface area contributed by atoms with Crippen LogP contribution in [0.3, 0.4) is 0 Å². The zero-order valence-corrected chi connectivity index (χ0v) is 9.42. The van der Waals surface area contributed by atoms with Gasteiger partial charge in [-0.25, -0.2) is 0 Å². The third-order valence-electron chi connectivity index (χ3n) is 2.98. The van der Waals surface area contributed by atoms with Gasteiger partial charge in [0.2, 0.25) is 0 Å². The molecule has 82 valence electrons. The van der Waals surface area contributed by atoms with E-state index in [1.165, 1.54) is 19.3 Å². The molecule has 2 nitrogen and oxygen atoms in total. The molecule has 0 aliphatic carbocycles. The lowest BCUT2D eigenvalue weighted by Gasteiger charge is -2.12. The second-order valence-corrected chi connectivity index (χ2v) is 4.33. The highest BCUT2D eigenvalue weighted by molar-refractivity contribution is 5.83. The van der Waals surface area contributed by atoms with E-state index in [9.17, 15) is 4.79 Å². The first-order valence-corrected chi connectivity index (χ1v) is 5.90. The standard InChI is InChI=1S/C12H22O2/c1-3-4-5-6-7-11(13)12-10(2)8-9-14-12/h10,12H,3-9H2,1-2H3. The van der Waals surface area contributed by atoms with Crippen molar-refractivity contribution in [2.24, 2.45) is 5.92 Å². The Hall–Kier alpha value is -0.370. The molecule has 2 unspecified atom stereocenters. The molecule has 1 aliphatic rings. The van der Waals surface area contributed by atoms with Gasteiger partial charge in [-0.2, -0.15) is 0 Å². The van der Waals surface area contributed by atoms with Crippen LogP contribution in [0.25, 0.3) is 0 Å². The van der Waals surface area contributed by atoms with Crippen molar-refractivity contribution < 1.29 is 9.53 Å². The summed E-state index contributed by atoms with van der Waals surface area (Å²) in [5, 5.41) is 0. The molecule has 0 aromatic heterocycles. The van der Waals surface area contributed by atoms with Crippen LogP contribution in [0.15, 0.2) is 0 Å². The molecule has 14 heavy (non-hydrogen) atoms. The van der Waals surface area contributed by atoms with E-state index in [0.717, 1.165) is 25.9 Å². The summed E-state index contributed by atoms with van der Waals surface area (Å²) in [5.74, 6) is 0.764. The Morgan fingerprint density at radius 3 is 2.71 bits per heavy atom. The monoisotopic (exact) mass is 198 g/mol. The summed E-state index contributed by atoms with van der Waals surface area (Å²) in [4.78, 5) is 11.7. The molecule has 0 spiro atoms. The number of carbonyl (C=O) groups is 1. The van der Waals surface area contributed by atoms with Crippen LogP contribution < -0.4 is 0 Å². The van der Waals surface area contributed by atoms with E-state index >= 15 is 0 Å². The summed E-state index contributed by atoms with van der Waals surface area (Å²) >= 11 is 0. The summed E-state index contributed by atoms with van der Waals surface area (Å²) in [7, 11) is 0. The second kappa shape index (κ2) is 6.18. The van der Waals surface area contributed by atoms with E-state index in [1.807, 2.05) is 0 Å². The number of carbonyl (C=O) groups excluding carboxylic acids is 1. The van der Waals surface area contributed by atoms with Gasteiger partial charge < -0.3 is 4.74 Å². The Kier molecular flexibility index (Phi) is 5.16. The molecular weight excluding hydrogens is 176 g/mol. The third-order valence-corrected chi connectivity index (χ3v) is 2.98. The van der Waals surface area contributed by atoms with Crippen LogP contribution in [-0.4, -0.2) is 18.5 Å². The number of hydrogen-bond acceptors (Lipinski definition) is 2. The minimum absolute atomic E-state index is 0.0865. The molecule has 0 amide bonds. The summed E-state index contributed by atoms with van der Waals surface area (Å²) in [5.41, 5.74) is 0. The average Bonchev–Trinajstić information content (AvgIpc) is 2.59. The van der Waals surface area contributed by atoms with E-state index in [2.05, 4.69) is 13.8 Å². The smallest absolute Gasteiger partial charge is 0.161 e. The number of hydrogen-bond donors (Lipinski definition) is 0. The van der Waals surface area contributed by atoms with Crippen molar-refractivity contribution in [1.82, 2.24) is 0 Å². The lowest BCUT2D eigenvalue weighted by molar-refractivity contribution is -0.129. The Bertz CT molecular complexity index is 177. The summed E-state index contributed by atoms with van der Waals surface area (Å²) in [6, 6.07) is 0. The molecule has 0 aromatic rings. The second-order valence-electron chi connectivity index (χ2n) is 4.33. The summed E-state index contributed by atoms with van der Waals surface area (Å²) in [6.07, 6.45) is 6.37. The Balaban J connectivity index is 2.14. The maximum absolute atomic E-state index is 11.7. The van der Waals surface area contributed by atoms with Crippen LogP contribution in [0.5, 0.6) is 0 Å². The highest BCUT2D eigenvalue weighted by Crippen LogP contribution is 2.22.